The summed E-state index contributed by atoms with van der Waals surface area (Å²) in [4.78, 5) is 7.79. The molecule has 0 atom stereocenters. The number of fused-ring (bicyclic) bond motifs is 3. The van der Waals surface area contributed by atoms with Gasteiger partial charge in [-0.15, -0.1) is 11.3 Å². The molecule has 0 saturated carbocycles. The van der Waals surface area contributed by atoms with E-state index in [9.17, 15) is 0 Å². The van der Waals surface area contributed by atoms with Crippen LogP contribution < -0.4 is 4.90 Å². The highest BCUT2D eigenvalue weighted by atomic mass is 32.1. The van der Waals surface area contributed by atoms with Crippen molar-refractivity contribution in [3.05, 3.63) is 28.8 Å². The van der Waals surface area contributed by atoms with E-state index >= 15 is 0 Å². The van der Waals surface area contributed by atoms with Gasteiger partial charge in [-0.25, -0.2) is 4.98 Å². The van der Waals surface area contributed by atoms with Crippen molar-refractivity contribution in [3.8, 4) is 0 Å². The number of aromatic nitrogens is 2. The molecule has 0 amide bonds. The lowest BCUT2D eigenvalue weighted by molar-refractivity contribution is -0.908. The zero-order chi connectivity index (χ0) is 15.8. The zero-order valence-corrected chi connectivity index (χ0v) is 14.7. The first-order valence-corrected chi connectivity index (χ1v) is 9.37. The molecular formula is C18H24N3OS+. The lowest BCUT2D eigenvalue weighted by Gasteiger charge is -2.24. The number of thiazole rings is 1. The molecule has 1 saturated heterocycles. The minimum atomic E-state index is 0.900. The molecule has 3 heterocycles. The molecule has 0 aliphatic carbocycles. The fraction of sp³-hybridized carbons (Fsp3) is 0.500. The van der Waals surface area contributed by atoms with Crippen molar-refractivity contribution in [1.29, 1.82) is 0 Å². The van der Waals surface area contributed by atoms with Crippen LogP contribution in [0.15, 0.2) is 18.2 Å². The number of hydrogen-bond acceptors (Lipinski definition) is 3. The molecule has 23 heavy (non-hydrogen) atoms. The van der Waals surface area contributed by atoms with Crippen molar-refractivity contribution in [1.82, 2.24) is 9.55 Å². The standard InChI is InChI=1S/C18H23N3OS/c1-3-14-4-5-16-15(12-14)17-18(23-13(2)19-17)21(16)7-6-20-8-10-22-11-9-20/h4-5,12H,3,6-11H2,1-2H3/p+1. The lowest BCUT2D eigenvalue weighted by atomic mass is 10.1. The maximum atomic E-state index is 5.47. The zero-order valence-electron chi connectivity index (χ0n) is 13.9. The molecule has 1 aliphatic rings. The number of aryl methyl sites for hydroxylation is 2. The first-order chi connectivity index (χ1) is 11.3. The van der Waals surface area contributed by atoms with Gasteiger partial charge < -0.3 is 14.2 Å². The van der Waals surface area contributed by atoms with E-state index in [0.717, 1.165) is 50.8 Å². The minimum absolute atomic E-state index is 0.900. The Kier molecular flexibility index (Phi) is 4.09. The van der Waals surface area contributed by atoms with Gasteiger partial charge in [0.05, 0.1) is 36.8 Å². The highest BCUT2D eigenvalue weighted by Crippen LogP contribution is 2.33. The van der Waals surface area contributed by atoms with E-state index < -0.39 is 0 Å². The van der Waals surface area contributed by atoms with Crippen LogP contribution in [0.2, 0.25) is 0 Å². The first-order valence-electron chi connectivity index (χ1n) is 8.56. The number of ether oxygens (including phenoxy) is 1. The average molecular weight is 330 g/mol. The Morgan fingerprint density at radius 1 is 1.30 bits per heavy atom. The number of nitrogens with zero attached hydrogens (tertiary/aromatic N) is 2. The van der Waals surface area contributed by atoms with Gasteiger partial charge in [-0.05, 0) is 31.0 Å². The van der Waals surface area contributed by atoms with E-state index in [1.165, 1.54) is 26.8 Å². The molecule has 4 nitrogen and oxygen atoms in total. The molecule has 122 valence electrons. The van der Waals surface area contributed by atoms with E-state index in [4.69, 9.17) is 9.72 Å². The number of rotatable bonds is 4. The van der Waals surface area contributed by atoms with Crippen LogP contribution in [0.3, 0.4) is 0 Å². The Hall–Kier alpha value is -1.43. The average Bonchev–Trinajstić information content (AvgIpc) is 3.09. The number of nitrogens with one attached hydrogen (secondary N) is 1. The summed E-state index contributed by atoms with van der Waals surface area (Å²) in [5, 5.41) is 2.48. The molecule has 0 bridgehead atoms. The van der Waals surface area contributed by atoms with Gasteiger partial charge in [-0.3, -0.25) is 0 Å². The monoisotopic (exact) mass is 330 g/mol. The van der Waals surface area contributed by atoms with Crippen molar-refractivity contribution in [2.45, 2.75) is 26.8 Å². The van der Waals surface area contributed by atoms with Crippen LogP contribution in [0.5, 0.6) is 0 Å². The van der Waals surface area contributed by atoms with Gasteiger partial charge in [0.15, 0.2) is 0 Å². The van der Waals surface area contributed by atoms with E-state index in [-0.39, 0.29) is 0 Å². The highest BCUT2D eigenvalue weighted by Gasteiger charge is 2.18. The molecule has 2 aromatic heterocycles. The van der Waals surface area contributed by atoms with Crippen LogP contribution in [0.25, 0.3) is 21.3 Å². The van der Waals surface area contributed by atoms with Crippen molar-refractivity contribution in [3.63, 3.8) is 0 Å². The van der Waals surface area contributed by atoms with Gasteiger partial charge >= 0.3 is 0 Å². The smallest absolute Gasteiger partial charge is 0.124 e. The third-order valence-electron chi connectivity index (χ3n) is 4.87. The van der Waals surface area contributed by atoms with E-state index in [0.29, 0.717) is 0 Å². The van der Waals surface area contributed by atoms with Crippen LogP contribution in [0.1, 0.15) is 17.5 Å². The topological polar surface area (TPSA) is 31.5 Å². The number of morpholine rings is 1. The normalized spacial score (nSPS) is 16.6. The van der Waals surface area contributed by atoms with Gasteiger partial charge in [0.1, 0.15) is 23.4 Å². The summed E-state index contributed by atoms with van der Waals surface area (Å²) in [6, 6.07) is 6.87. The summed E-state index contributed by atoms with van der Waals surface area (Å²) < 4.78 is 7.95. The van der Waals surface area contributed by atoms with Crippen LogP contribution in [0, 0.1) is 6.92 Å². The first kappa shape index (κ1) is 15.1. The van der Waals surface area contributed by atoms with Crippen molar-refractivity contribution in [2.24, 2.45) is 0 Å². The Bertz CT molecular complexity index is 830. The second-order valence-corrected chi connectivity index (χ2v) is 7.54. The van der Waals surface area contributed by atoms with Gasteiger partial charge in [0.25, 0.3) is 0 Å². The lowest BCUT2D eigenvalue weighted by Crippen LogP contribution is -3.14. The summed E-state index contributed by atoms with van der Waals surface area (Å²) in [7, 11) is 0. The predicted octanol–water partition coefficient (Wildman–Crippen LogP) is 2.04. The largest absolute Gasteiger partial charge is 0.370 e. The Morgan fingerprint density at radius 2 is 2.13 bits per heavy atom. The SMILES string of the molecule is CCc1ccc2c(c1)c1nc(C)sc1n2CC[NH+]1CCOCC1. The van der Waals surface area contributed by atoms with Crippen molar-refractivity contribution >= 4 is 32.6 Å². The minimum Gasteiger partial charge on any atom is -0.370 e. The summed E-state index contributed by atoms with van der Waals surface area (Å²) in [5.74, 6) is 0. The summed E-state index contributed by atoms with van der Waals surface area (Å²) in [6.45, 7) is 10.6. The molecule has 1 N–H and O–H groups in total. The molecule has 1 fully saturated rings. The summed E-state index contributed by atoms with van der Waals surface area (Å²) in [5.41, 5.74) is 3.92. The second-order valence-electron chi connectivity index (χ2n) is 6.36. The Balaban J connectivity index is 1.73. The predicted molar refractivity (Wildman–Crippen MR) is 95.6 cm³/mol. The molecule has 0 radical (unpaired) electrons. The molecule has 5 heteroatoms. The molecule has 1 aromatic carbocycles. The van der Waals surface area contributed by atoms with E-state index in [2.05, 4.69) is 36.6 Å². The number of hydrogen-bond donors (Lipinski definition) is 1. The third-order valence-corrected chi connectivity index (χ3v) is 5.86. The maximum absolute atomic E-state index is 5.47. The molecule has 1 aliphatic heterocycles. The number of quaternary nitrogens is 1. The van der Waals surface area contributed by atoms with Gasteiger partial charge in [0, 0.05) is 5.39 Å². The second kappa shape index (κ2) is 6.23. The van der Waals surface area contributed by atoms with Crippen LogP contribution >= 0.6 is 11.3 Å². The Labute approximate surface area is 140 Å². The Morgan fingerprint density at radius 3 is 2.91 bits per heavy atom. The maximum Gasteiger partial charge on any atom is 0.124 e. The fourth-order valence-corrected chi connectivity index (χ4v) is 4.48. The van der Waals surface area contributed by atoms with Crippen LogP contribution in [-0.4, -0.2) is 42.4 Å². The van der Waals surface area contributed by atoms with Crippen LogP contribution in [0.4, 0.5) is 0 Å². The molecule has 4 rings (SSSR count). The molecule has 3 aromatic rings. The third kappa shape index (κ3) is 2.77. The van der Waals surface area contributed by atoms with Crippen molar-refractivity contribution < 1.29 is 9.64 Å². The van der Waals surface area contributed by atoms with Gasteiger partial charge in [0.2, 0.25) is 0 Å². The van der Waals surface area contributed by atoms with Gasteiger partial charge in [-0.2, -0.15) is 0 Å². The summed E-state index contributed by atoms with van der Waals surface area (Å²) in [6.07, 6.45) is 1.07. The summed E-state index contributed by atoms with van der Waals surface area (Å²) >= 11 is 1.82. The van der Waals surface area contributed by atoms with E-state index in [1.54, 1.807) is 4.90 Å². The molecule has 0 spiro atoms. The van der Waals surface area contributed by atoms with E-state index in [1.807, 2.05) is 11.3 Å². The fourth-order valence-electron chi connectivity index (χ4n) is 3.51. The number of benzene rings is 1. The highest BCUT2D eigenvalue weighted by molar-refractivity contribution is 7.18. The molecule has 0 unspecified atom stereocenters. The van der Waals surface area contributed by atoms with Crippen LogP contribution in [-0.2, 0) is 17.7 Å². The quantitative estimate of drug-likeness (QED) is 0.794. The molecular weight excluding hydrogens is 306 g/mol. The van der Waals surface area contributed by atoms with Gasteiger partial charge in [-0.1, -0.05) is 13.0 Å². The van der Waals surface area contributed by atoms with Crippen molar-refractivity contribution in [2.75, 3.05) is 32.8 Å².